The van der Waals surface area contributed by atoms with Gasteiger partial charge in [0.25, 0.3) is 0 Å². The largest absolute Gasteiger partial charge is 0.453 e. The van der Waals surface area contributed by atoms with Gasteiger partial charge in [0, 0.05) is 32.1 Å². The summed E-state index contributed by atoms with van der Waals surface area (Å²) in [5.74, 6) is 1.08. The van der Waals surface area contributed by atoms with E-state index in [-0.39, 0.29) is 11.8 Å². The summed E-state index contributed by atoms with van der Waals surface area (Å²) in [6.45, 7) is 3.71. The summed E-state index contributed by atoms with van der Waals surface area (Å²) < 4.78 is 4.95. The maximum absolute atomic E-state index is 12.9. The van der Waals surface area contributed by atoms with Crippen molar-refractivity contribution in [3.05, 3.63) is 83.9 Å². The zero-order valence-corrected chi connectivity index (χ0v) is 24.1. The third kappa shape index (κ3) is 7.67. The Morgan fingerprint density at radius 1 is 0.927 bits per heavy atom. The molecule has 1 heterocycles. The van der Waals surface area contributed by atoms with E-state index < -0.39 is 6.09 Å². The fourth-order valence-corrected chi connectivity index (χ4v) is 5.79. The highest BCUT2D eigenvalue weighted by molar-refractivity contribution is 5.91. The SMILES string of the molecule is COC(=O)Nc1cc(-c2cccc(CN(CCCN)C(=O)C3CC3)c2)ccc1N1CCC(Cc2ccccc2)CC1. The minimum atomic E-state index is -0.481. The first-order valence-corrected chi connectivity index (χ1v) is 14.9. The Labute approximate surface area is 243 Å². The minimum absolute atomic E-state index is 0.180. The summed E-state index contributed by atoms with van der Waals surface area (Å²) in [6.07, 6.45) is 5.62. The van der Waals surface area contributed by atoms with Gasteiger partial charge in [0.2, 0.25) is 5.91 Å². The monoisotopic (exact) mass is 554 g/mol. The molecule has 5 rings (SSSR count). The zero-order chi connectivity index (χ0) is 28.6. The summed E-state index contributed by atoms with van der Waals surface area (Å²) in [7, 11) is 1.39. The lowest BCUT2D eigenvalue weighted by Gasteiger charge is -2.35. The standard InChI is InChI=1S/C34H42N4O3/c1-41-34(40)36-31-23-30(13-14-32(31)37-19-15-26(16-20-37)21-25-7-3-2-4-8-25)29-10-5-9-27(22-29)24-38(18-6-17-35)33(39)28-11-12-28/h2-5,7-10,13-14,22-23,26,28H,6,11-12,15-21,24,35H2,1H3,(H,36,40). The van der Waals surface area contributed by atoms with E-state index in [1.165, 1.54) is 12.7 Å². The summed E-state index contributed by atoms with van der Waals surface area (Å²) in [5, 5.41) is 2.96. The van der Waals surface area contributed by atoms with Crippen molar-refractivity contribution in [2.45, 2.75) is 45.1 Å². The topological polar surface area (TPSA) is 87.9 Å². The lowest BCUT2D eigenvalue weighted by atomic mass is 9.90. The van der Waals surface area contributed by atoms with Crippen LogP contribution in [0.15, 0.2) is 72.8 Å². The minimum Gasteiger partial charge on any atom is -0.453 e. The first kappa shape index (κ1) is 28.7. The van der Waals surface area contributed by atoms with Crippen LogP contribution < -0.4 is 16.0 Å². The first-order valence-electron chi connectivity index (χ1n) is 14.9. The summed E-state index contributed by atoms with van der Waals surface area (Å²) in [6, 6.07) is 25.3. The van der Waals surface area contributed by atoms with Crippen LogP contribution >= 0.6 is 0 Å². The Kier molecular flexibility index (Phi) is 9.57. The molecule has 7 heteroatoms. The average molecular weight is 555 g/mol. The second-order valence-corrected chi connectivity index (χ2v) is 11.3. The Bertz CT molecular complexity index is 1320. The second kappa shape index (κ2) is 13.7. The predicted molar refractivity (Wildman–Crippen MR) is 165 cm³/mol. The number of methoxy groups -OCH3 is 1. The van der Waals surface area contributed by atoms with Gasteiger partial charge in [-0.2, -0.15) is 0 Å². The number of benzene rings is 3. The summed E-state index contributed by atoms with van der Waals surface area (Å²) in [5.41, 5.74) is 12.0. The van der Waals surface area contributed by atoms with Crippen LogP contribution in [0.5, 0.6) is 0 Å². The van der Waals surface area contributed by atoms with E-state index in [1.807, 2.05) is 17.0 Å². The van der Waals surface area contributed by atoms with E-state index in [4.69, 9.17) is 10.5 Å². The van der Waals surface area contributed by atoms with Crippen molar-refractivity contribution >= 4 is 23.4 Å². The van der Waals surface area contributed by atoms with E-state index in [1.54, 1.807) is 0 Å². The van der Waals surface area contributed by atoms with Gasteiger partial charge in [0.15, 0.2) is 0 Å². The molecule has 3 aromatic rings. The fraction of sp³-hybridized carbons (Fsp3) is 0.412. The molecule has 0 spiro atoms. The van der Waals surface area contributed by atoms with Crippen molar-refractivity contribution in [1.29, 1.82) is 0 Å². The second-order valence-electron chi connectivity index (χ2n) is 11.3. The van der Waals surface area contributed by atoms with Gasteiger partial charge >= 0.3 is 6.09 Å². The molecule has 1 saturated carbocycles. The van der Waals surface area contributed by atoms with Crippen molar-refractivity contribution in [1.82, 2.24) is 4.90 Å². The molecule has 2 aliphatic rings. The number of amides is 2. The van der Waals surface area contributed by atoms with Gasteiger partial charge in [-0.1, -0.05) is 54.6 Å². The number of carbonyl (C=O) groups is 2. The van der Waals surface area contributed by atoms with E-state index in [0.29, 0.717) is 25.6 Å². The molecule has 3 N–H and O–H groups in total. The number of ether oxygens (including phenoxy) is 1. The van der Waals surface area contributed by atoms with Gasteiger partial charge in [0.1, 0.15) is 0 Å². The fourth-order valence-electron chi connectivity index (χ4n) is 5.79. The summed E-state index contributed by atoms with van der Waals surface area (Å²) in [4.78, 5) is 29.5. The Morgan fingerprint density at radius 2 is 1.66 bits per heavy atom. The Morgan fingerprint density at radius 3 is 2.37 bits per heavy atom. The number of nitrogens with one attached hydrogen (secondary N) is 1. The molecule has 2 amide bonds. The van der Waals surface area contributed by atoms with E-state index in [0.717, 1.165) is 79.7 Å². The van der Waals surface area contributed by atoms with Crippen LogP contribution in [0, 0.1) is 11.8 Å². The zero-order valence-electron chi connectivity index (χ0n) is 24.1. The van der Waals surface area contributed by atoms with Crippen LogP contribution in [-0.4, -0.2) is 50.2 Å². The number of nitrogens with two attached hydrogens (primary N) is 1. The van der Waals surface area contributed by atoms with Gasteiger partial charge in [-0.05, 0) is 91.4 Å². The molecule has 0 unspecified atom stereocenters. The van der Waals surface area contributed by atoms with Gasteiger partial charge < -0.3 is 20.3 Å². The molecule has 41 heavy (non-hydrogen) atoms. The van der Waals surface area contributed by atoms with E-state index in [9.17, 15) is 9.59 Å². The number of nitrogens with zero attached hydrogens (tertiary/aromatic N) is 2. The highest BCUT2D eigenvalue weighted by Crippen LogP contribution is 2.35. The van der Waals surface area contributed by atoms with Crippen LogP contribution in [-0.2, 0) is 22.5 Å². The normalized spacial score (nSPS) is 15.4. The van der Waals surface area contributed by atoms with Crippen molar-refractivity contribution in [3.8, 4) is 11.1 Å². The third-order valence-electron chi connectivity index (χ3n) is 8.25. The molecule has 1 aliphatic carbocycles. The smallest absolute Gasteiger partial charge is 0.411 e. The van der Waals surface area contributed by atoms with Gasteiger partial charge in [0.05, 0.1) is 18.5 Å². The van der Waals surface area contributed by atoms with E-state index >= 15 is 0 Å². The number of carbonyl (C=O) groups excluding carboxylic acids is 2. The van der Waals surface area contributed by atoms with Crippen LogP contribution in [0.3, 0.4) is 0 Å². The maximum atomic E-state index is 12.9. The molecule has 0 radical (unpaired) electrons. The van der Waals surface area contributed by atoms with Crippen molar-refractivity contribution < 1.29 is 14.3 Å². The average Bonchev–Trinajstić information content (AvgIpc) is 3.86. The number of piperidine rings is 1. The highest BCUT2D eigenvalue weighted by atomic mass is 16.5. The van der Waals surface area contributed by atoms with Crippen molar-refractivity contribution in [2.75, 3.05) is 43.5 Å². The molecule has 7 nitrogen and oxygen atoms in total. The van der Waals surface area contributed by atoms with Crippen LogP contribution in [0.1, 0.15) is 43.2 Å². The van der Waals surface area contributed by atoms with Crippen molar-refractivity contribution in [3.63, 3.8) is 0 Å². The molecule has 1 saturated heterocycles. The molecule has 216 valence electrons. The van der Waals surface area contributed by atoms with E-state index in [2.05, 4.69) is 70.9 Å². The summed E-state index contributed by atoms with van der Waals surface area (Å²) >= 11 is 0. The number of anilines is 2. The van der Waals surface area contributed by atoms with Crippen LogP contribution in [0.2, 0.25) is 0 Å². The molecule has 0 atom stereocenters. The number of hydrogen-bond donors (Lipinski definition) is 2. The Hall–Kier alpha value is -3.84. The van der Waals surface area contributed by atoms with Gasteiger partial charge in [-0.25, -0.2) is 4.79 Å². The molecule has 0 aromatic heterocycles. The van der Waals surface area contributed by atoms with Gasteiger partial charge in [-0.3, -0.25) is 10.1 Å². The molecule has 3 aromatic carbocycles. The van der Waals surface area contributed by atoms with Gasteiger partial charge in [-0.15, -0.1) is 0 Å². The maximum Gasteiger partial charge on any atom is 0.411 e. The van der Waals surface area contributed by atoms with Crippen LogP contribution in [0.4, 0.5) is 16.2 Å². The lowest BCUT2D eigenvalue weighted by Crippen LogP contribution is -2.35. The number of rotatable bonds is 11. The van der Waals surface area contributed by atoms with Crippen LogP contribution in [0.25, 0.3) is 11.1 Å². The first-order chi connectivity index (χ1) is 20.0. The molecular weight excluding hydrogens is 512 g/mol. The predicted octanol–water partition coefficient (Wildman–Crippen LogP) is 6.08. The quantitative estimate of drug-likeness (QED) is 0.300. The third-order valence-corrected chi connectivity index (χ3v) is 8.25. The molecular formula is C34H42N4O3. The van der Waals surface area contributed by atoms with Crippen molar-refractivity contribution in [2.24, 2.45) is 17.6 Å². The highest BCUT2D eigenvalue weighted by Gasteiger charge is 2.33. The number of hydrogen-bond acceptors (Lipinski definition) is 5. The molecule has 0 bridgehead atoms. The lowest BCUT2D eigenvalue weighted by molar-refractivity contribution is -0.133. The molecule has 2 fully saturated rings. The Balaban J connectivity index is 1.32. The molecule has 1 aliphatic heterocycles.